The smallest absolute Gasteiger partial charge is 0.240 e. The Labute approximate surface area is 149 Å². The predicted molar refractivity (Wildman–Crippen MR) is 94.8 cm³/mol. The summed E-state index contributed by atoms with van der Waals surface area (Å²) in [6.45, 7) is 3.67. The van der Waals surface area contributed by atoms with Gasteiger partial charge in [-0.15, -0.1) is 0 Å². The maximum absolute atomic E-state index is 12.6. The summed E-state index contributed by atoms with van der Waals surface area (Å²) in [5, 5.41) is 0.533. The van der Waals surface area contributed by atoms with Crippen molar-refractivity contribution in [1.82, 2.24) is 9.62 Å². The second-order valence-corrected chi connectivity index (χ2v) is 8.87. The Balaban J connectivity index is 1.74. The van der Waals surface area contributed by atoms with Crippen molar-refractivity contribution in [3.63, 3.8) is 0 Å². The van der Waals surface area contributed by atoms with Crippen LogP contribution >= 0.6 is 11.6 Å². The minimum Gasteiger partial charge on any atom is -0.379 e. The predicted octanol–water partition coefficient (Wildman–Crippen LogP) is 2.65. The monoisotopic (exact) mass is 372 g/mol. The minimum atomic E-state index is -3.52. The molecule has 0 atom stereocenters. The summed E-state index contributed by atoms with van der Waals surface area (Å²) in [7, 11) is -3.52. The number of benzene rings is 1. The molecule has 3 rings (SSSR count). The molecular weight excluding hydrogens is 348 g/mol. The fourth-order valence-electron chi connectivity index (χ4n) is 3.78. The Morgan fingerprint density at radius 2 is 1.71 bits per heavy atom. The Kier molecular flexibility index (Phi) is 5.82. The SMILES string of the molecule is O=S(=O)(NCC1(N2CCOCC2)CCCCC1)c1ccc(Cl)cc1. The molecule has 5 nitrogen and oxygen atoms in total. The Bertz CT molecular complexity index is 636. The van der Waals surface area contributed by atoms with Gasteiger partial charge in [-0.3, -0.25) is 4.90 Å². The van der Waals surface area contributed by atoms with Crippen molar-refractivity contribution in [1.29, 1.82) is 0 Å². The zero-order chi connectivity index (χ0) is 17.0. The molecule has 0 aromatic heterocycles. The molecule has 0 radical (unpaired) electrons. The molecule has 0 spiro atoms. The lowest BCUT2D eigenvalue weighted by atomic mass is 9.80. The number of hydrogen-bond acceptors (Lipinski definition) is 4. The second kappa shape index (κ2) is 7.70. The Hall–Kier alpha value is -0.660. The van der Waals surface area contributed by atoms with Crippen LogP contribution in [0.25, 0.3) is 0 Å². The number of hydrogen-bond donors (Lipinski definition) is 1. The van der Waals surface area contributed by atoms with E-state index in [4.69, 9.17) is 16.3 Å². The first-order valence-corrected chi connectivity index (χ1v) is 10.5. The quantitative estimate of drug-likeness (QED) is 0.863. The molecule has 1 saturated carbocycles. The summed E-state index contributed by atoms with van der Waals surface area (Å²) in [6, 6.07) is 6.31. The van der Waals surface area contributed by atoms with Gasteiger partial charge in [0.1, 0.15) is 0 Å². The molecule has 134 valence electrons. The number of halogens is 1. The maximum atomic E-state index is 12.6. The zero-order valence-electron chi connectivity index (χ0n) is 13.8. The molecule has 1 aliphatic carbocycles. The van der Waals surface area contributed by atoms with Crippen molar-refractivity contribution in [2.24, 2.45) is 0 Å². The third kappa shape index (κ3) is 4.11. The number of sulfonamides is 1. The Morgan fingerprint density at radius 1 is 1.08 bits per heavy atom. The maximum Gasteiger partial charge on any atom is 0.240 e. The van der Waals surface area contributed by atoms with Gasteiger partial charge in [-0.1, -0.05) is 30.9 Å². The third-order valence-electron chi connectivity index (χ3n) is 5.18. The summed E-state index contributed by atoms with van der Waals surface area (Å²) in [6.07, 6.45) is 5.61. The molecule has 1 aromatic rings. The molecule has 0 amide bonds. The van der Waals surface area contributed by atoms with Crippen LogP contribution in [0.4, 0.5) is 0 Å². The highest BCUT2D eigenvalue weighted by molar-refractivity contribution is 7.89. The molecule has 2 aliphatic rings. The molecule has 1 aliphatic heterocycles. The van der Waals surface area contributed by atoms with E-state index >= 15 is 0 Å². The van der Waals surface area contributed by atoms with Crippen molar-refractivity contribution < 1.29 is 13.2 Å². The first-order chi connectivity index (χ1) is 11.5. The zero-order valence-corrected chi connectivity index (χ0v) is 15.4. The first kappa shape index (κ1) is 18.1. The third-order valence-corrected chi connectivity index (χ3v) is 6.85. The van der Waals surface area contributed by atoms with Crippen molar-refractivity contribution in [2.45, 2.75) is 42.5 Å². The van der Waals surface area contributed by atoms with Gasteiger partial charge in [0.05, 0.1) is 18.1 Å². The fraction of sp³-hybridized carbons (Fsp3) is 0.647. The van der Waals surface area contributed by atoms with E-state index in [0.717, 1.165) is 52.0 Å². The largest absolute Gasteiger partial charge is 0.379 e. The summed E-state index contributed by atoms with van der Waals surface area (Å²) in [5.74, 6) is 0. The van der Waals surface area contributed by atoms with Gasteiger partial charge in [0, 0.05) is 30.2 Å². The summed E-state index contributed by atoms with van der Waals surface area (Å²) in [4.78, 5) is 2.69. The van der Waals surface area contributed by atoms with E-state index in [1.165, 1.54) is 6.42 Å². The number of rotatable bonds is 5. The molecule has 2 fully saturated rings. The van der Waals surface area contributed by atoms with E-state index in [-0.39, 0.29) is 10.4 Å². The molecule has 1 heterocycles. The normalized spacial score (nSPS) is 22.4. The van der Waals surface area contributed by atoms with Crippen LogP contribution in [0, 0.1) is 0 Å². The number of ether oxygens (including phenoxy) is 1. The van der Waals surface area contributed by atoms with Crippen LogP contribution in [0.15, 0.2) is 29.2 Å². The van der Waals surface area contributed by atoms with E-state index in [1.807, 2.05) is 0 Å². The van der Waals surface area contributed by atoms with Crippen molar-refractivity contribution in [3.05, 3.63) is 29.3 Å². The van der Waals surface area contributed by atoms with Crippen LogP contribution in [-0.4, -0.2) is 51.7 Å². The Morgan fingerprint density at radius 3 is 2.33 bits per heavy atom. The van der Waals surface area contributed by atoms with Crippen LogP contribution < -0.4 is 4.72 Å². The second-order valence-electron chi connectivity index (χ2n) is 6.66. The number of morpholine rings is 1. The van der Waals surface area contributed by atoms with Crippen LogP contribution in [0.1, 0.15) is 32.1 Å². The van der Waals surface area contributed by atoms with E-state index in [1.54, 1.807) is 24.3 Å². The van der Waals surface area contributed by atoms with Gasteiger partial charge in [0.2, 0.25) is 10.0 Å². The van der Waals surface area contributed by atoms with Gasteiger partial charge in [0.15, 0.2) is 0 Å². The molecule has 7 heteroatoms. The lowest BCUT2D eigenvalue weighted by molar-refractivity contribution is -0.0348. The minimum absolute atomic E-state index is 0.0818. The van der Waals surface area contributed by atoms with Gasteiger partial charge in [-0.25, -0.2) is 13.1 Å². The van der Waals surface area contributed by atoms with E-state index in [2.05, 4.69) is 9.62 Å². The van der Waals surface area contributed by atoms with Gasteiger partial charge >= 0.3 is 0 Å². The van der Waals surface area contributed by atoms with Crippen molar-refractivity contribution in [3.8, 4) is 0 Å². The average Bonchev–Trinajstić information content (AvgIpc) is 2.62. The molecule has 1 N–H and O–H groups in total. The van der Waals surface area contributed by atoms with Gasteiger partial charge in [-0.2, -0.15) is 0 Å². The lowest BCUT2D eigenvalue weighted by Crippen LogP contribution is -2.59. The highest BCUT2D eigenvalue weighted by Gasteiger charge is 2.39. The standard InChI is InChI=1S/C17H25ClN2O3S/c18-15-4-6-16(7-5-15)24(21,22)19-14-17(8-2-1-3-9-17)20-10-12-23-13-11-20/h4-7,19H,1-3,8-14H2. The lowest BCUT2D eigenvalue weighted by Gasteiger charge is -2.48. The van der Waals surface area contributed by atoms with Crippen LogP contribution in [0.3, 0.4) is 0 Å². The summed E-state index contributed by atoms with van der Waals surface area (Å²) < 4.78 is 33.5. The fourth-order valence-corrected chi connectivity index (χ4v) is 5.02. The molecule has 0 unspecified atom stereocenters. The first-order valence-electron chi connectivity index (χ1n) is 8.60. The molecular formula is C17H25ClN2O3S. The van der Waals surface area contributed by atoms with Crippen LogP contribution in [0.2, 0.25) is 5.02 Å². The topological polar surface area (TPSA) is 58.6 Å². The van der Waals surface area contributed by atoms with Gasteiger partial charge < -0.3 is 4.74 Å². The summed E-state index contributed by atoms with van der Waals surface area (Å²) in [5.41, 5.74) is -0.0818. The van der Waals surface area contributed by atoms with E-state index < -0.39 is 10.0 Å². The molecule has 1 saturated heterocycles. The van der Waals surface area contributed by atoms with E-state index in [9.17, 15) is 8.42 Å². The molecule has 24 heavy (non-hydrogen) atoms. The highest BCUT2D eigenvalue weighted by Crippen LogP contribution is 2.34. The molecule has 0 bridgehead atoms. The summed E-state index contributed by atoms with van der Waals surface area (Å²) >= 11 is 5.85. The van der Waals surface area contributed by atoms with Crippen LogP contribution in [0.5, 0.6) is 0 Å². The average molecular weight is 373 g/mol. The number of nitrogens with one attached hydrogen (secondary N) is 1. The van der Waals surface area contributed by atoms with Crippen molar-refractivity contribution in [2.75, 3.05) is 32.8 Å². The highest BCUT2D eigenvalue weighted by atomic mass is 35.5. The van der Waals surface area contributed by atoms with E-state index in [0.29, 0.717) is 11.6 Å². The number of nitrogens with zero attached hydrogens (tertiary/aromatic N) is 1. The van der Waals surface area contributed by atoms with Crippen LogP contribution in [-0.2, 0) is 14.8 Å². The van der Waals surface area contributed by atoms with Gasteiger partial charge in [-0.05, 0) is 37.1 Å². The van der Waals surface area contributed by atoms with Gasteiger partial charge in [0.25, 0.3) is 0 Å². The molecule has 1 aromatic carbocycles. The van der Waals surface area contributed by atoms with Crippen molar-refractivity contribution >= 4 is 21.6 Å².